The van der Waals surface area contributed by atoms with Crippen molar-refractivity contribution in [2.45, 2.75) is 12.8 Å². The minimum atomic E-state index is -1.16. The van der Waals surface area contributed by atoms with Crippen molar-refractivity contribution in [3.8, 4) is 0 Å². The van der Waals surface area contributed by atoms with Crippen LogP contribution in [0.1, 0.15) is 23.2 Å². The molecule has 1 saturated heterocycles. The molecule has 0 bridgehead atoms. The van der Waals surface area contributed by atoms with E-state index in [1.807, 2.05) is 0 Å². The fourth-order valence-electron chi connectivity index (χ4n) is 2.31. The van der Waals surface area contributed by atoms with Crippen molar-refractivity contribution in [1.29, 1.82) is 0 Å². The van der Waals surface area contributed by atoms with Crippen LogP contribution >= 0.6 is 11.6 Å². The molecule has 2 nitrogen and oxygen atoms in total. The fraction of sp³-hybridized carbons (Fsp3) is 0.462. The molecule has 1 amide bonds. The molecule has 1 unspecified atom stereocenters. The summed E-state index contributed by atoms with van der Waals surface area (Å²) in [7, 11) is 0. The molecule has 6 heteroatoms. The SMILES string of the molecule is O=C(c1c(F)cc(F)cc1F)N1CCC(CCCl)C1. The van der Waals surface area contributed by atoms with E-state index in [1.54, 1.807) is 0 Å². The molecule has 0 aliphatic carbocycles. The number of likely N-dealkylation sites (tertiary alicyclic amines) is 1. The zero-order valence-electron chi connectivity index (χ0n) is 10.1. The van der Waals surface area contributed by atoms with E-state index in [9.17, 15) is 18.0 Å². The van der Waals surface area contributed by atoms with Gasteiger partial charge >= 0.3 is 0 Å². The smallest absolute Gasteiger partial charge is 0.259 e. The highest BCUT2D eigenvalue weighted by Gasteiger charge is 2.30. The lowest BCUT2D eigenvalue weighted by Crippen LogP contribution is -2.30. The first-order chi connectivity index (χ1) is 9.02. The van der Waals surface area contributed by atoms with Crippen LogP contribution in [0.4, 0.5) is 13.2 Å². The third-order valence-corrected chi connectivity index (χ3v) is 3.53. The summed E-state index contributed by atoms with van der Waals surface area (Å²) in [5.74, 6) is -3.34. The molecule has 1 aromatic rings. The zero-order chi connectivity index (χ0) is 14.0. The number of nitrogens with zero attached hydrogens (tertiary/aromatic N) is 1. The summed E-state index contributed by atoms with van der Waals surface area (Å²) < 4.78 is 39.8. The number of hydrogen-bond donors (Lipinski definition) is 0. The van der Waals surface area contributed by atoms with Gasteiger partial charge in [0.05, 0.1) is 0 Å². The molecule has 1 aliphatic heterocycles. The standard InChI is InChI=1S/C13H13ClF3NO/c14-3-1-8-2-4-18(7-8)13(19)12-10(16)5-9(15)6-11(12)17/h5-6,8H,1-4,7H2. The monoisotopic (exact) mass is 291 g/mol. The Hall–Kier alpha value is -1.23. The highest BCUT2D eigenvalue weighted by atomic mass is 35.5. The summed E-state index contributed by atoms with van der Waals surface area (Å²) in [6, 6.07) is 1.03. The van der Waals surface area contributed by atoms with E-state index < -0.39 is 28.9 Å². The summed E-state index contributed by atoms with van der Waals surface area (Å²) in [4.78, 5) is 13.4. The van der Waals surface area contributed by atoms with Crippen LogP contribution in [0.3, 0.4) is 0 Å². The van der Waals surface area contributed by atoms with Gasteiger partial charge in [-0.25, -0.2) is 13.2 Å². The van der Waals surface area contributed by atoms with Gasteiger partial charge in [0.25, 0.3) is 5.91 Å². The van der Waals surface area contributed by atoms with Crippen molar-refractivity contribution in [3.63, 3.8) is 0 Å². The molecular weight excluding hydrogens is 279 g/mol. The summed E-state index contributed by atoms with van der Waals surface area (Å²) in [6.45, 7) is 0.873. The molecule has 2 rings (SSSR count). The number of hydrogen-bond acceptors (Lipinski definition) is 1. The van der Waals surface area contributed by atoms with Gasteiger partial charge in [-0.05, 0) is 18.8 Å². The lowest BCUT2D eigenvalue weighted by Gasteiger charge is -2.17. The second-order valence-corrected chi connectivity index (χ2v) is 5.01. The molecule has 0 aromatic heterocycles. The van der Waals surface area contributed by atoms with Crippen LogP contribution in [0.15, 0.2) is 12.1 Å². The number of amides is 1. The van der Waals surface area contributed by atoms with Gasteiger partial charge in [0.1, 0.15) is 23.0 Å². The molecule has 1 atom stereocenters. The van der Waals surface area contributed by atoms with E-state index in [-0.39, 0.29) is 5.92 Å². The van der Waals surface area contributed by atoms with Crippen LogP contribution in [-0.4, -0.2) is 29.8 Å². The van der Waals surface area contributed by atoms with E-state index in [0.29, 0.717) is 31.1 Å². The lowest BCUT2D eigenvalue weighted by atomic mass is 10.1. The Morgan fingerprint density at radius 1 is 1.32 bits per heavy atom. The van der Waals surface area contributed by atoms with Crippen molar-refractivity contribution in [1.82, 2.24) is 4.90 Å². The van der Waals surface area contributed by atoms with E-state index in [1.165, 1.54) is 4.90 Å². The summed E-state index contributed by atoms with van der Waals surface area (Å²) in [5, 5.41) is 0. The minimum Gasteiger partial charge on any atom is -0.338 e. The third kappa shape index (κ3) is 3.03. The zero-order valence-corrected chi connectivity index (χ0v) is 10.9. The molecule has 0 saturated carbocycles. The van der Waals surface area contributed by atoms with Gasteiger partial charge in [0.15, 0.2) is 0 Å². The largest absolute Gasteiger partial charge is 0.338 e. The summed E-state index contributed by atoms with van der Waals surface area (Å²) in [6.07, 6.45) is 1.53. The molecule has 1 heterocycles. The number of carbonyl (C=O) groups is 1. The first-order valence-corrected chi connectivity index (χ1v) is 6.56. The maximum Gasteiger partial charge on any atom is 0.259 e. The first kappa shape index (κ1) is 14.2. The van der Waals surface area contributed by atoms with Crippen LogP contribution in [-0.2, 0) is 0 Å². The van der Waals surface area contributed by atoms with E-state index in [2.05, 4.69) is 0 Å². The molecule has 19 heavy (non-hydrogen) atoms. The molecule has 1 aromatic carbocycles. The molecule has 104 valence electrons. The van der Waals surface area contributed by atoms with Crippen LogP contribution in [0.5, 0.6) is 0 Å². The number of halogens is 4. The number of benzene rings is 1. The predicted molar refractivity (Wildman–Crippen MR) is 65.7 cm³/mol. The Labute approximate surface area is 114 Å². The van der Waals surface area contributed by atoms with Crippen molar-refractivity contribution in [2.75, 3.05) is 19.0 Å². The Morgan fingerprint density at radius 2 is 1.95 bits per heavy atom. The van der Waals surface area contributed by atoms with Gasteiger partial charge in [-0.2, -0.15) is 0 Å². The maximum absolute atomic E-state index is 13.5. The topological polar surface area (TPSA) is 20.3 Å². The fourth-order valence-corrected chi connectivity index (χ4v) is 2.62. The lowest BCUT2D eigenvalue weighted by molar-refractivity contribution is 0.0777. The second kappa shape index (κ2) is 5.82. The highest BCUT2D eigenvalue weighted by Crippen LogP contribution is 2.24. The molecule has 1 aliphatic rings. The quantitative estimate of drug-likeness (QED) is 0.783. The van der Waals surface area contributed by atoms with Crippen LogP contribution < -0.4 is 0 Å². The Balaban J connectivity index is 2.17. The predicted octanol–water partition coefficient (Wildman–Crippen LogP) is 3.19. The van der Waals surface area contributed by atoms with Gasteiger partial charge in [-0.15, -0.1) is 11.6 Å². The second-order valence-electron chi connectivity index (χ2n) is 4.63. The number of rotatable bonds is 3. The van der Waals surface area contributed by atoms with Crippen molar-refractivity contribution in [2.24, 2.45) is 5.92 Å². The third-order valence-electron chi connectivity index (χ3n) is 3.31. The van der Waals surface area contributed by atoms with Crippen LogP contribution in [0.2, 0.25) is 0 Å². The van der Waals surface area contributed by atoms with Gasteiger partial charge < -0.3 is 4.90 Å². The molecule has 0 spiro atoms. The van der Waals surface area contributed by atoms with Gasteiger partial charge in [-0.3, -0.25) is 4.79 Å². The van der Waals surface area contributed by atoms with Crippen molar-refractivity contribution in [3.05, 3.63) is 35.1 Å². The van der Waals surface area contributed by atoms with E-state index in [4.69, 9.17) is 11.6 Å². The minimum absolute atomic E-state index is 0.257. The molecular formula is C13H13ClF3NO. The first-order valence-electron chi connectivity index (χ1n) is 6.02. The highest BCUT2D eigenvalue weighted by molar-refractivity contribution is 6.17. The van der Waals surface area contributed by atoms with Crippen molar-refractivity contribution < 1.29 is 18.0 Å². The van der Waals surface area contributed by atoms with Gasteiger partial charge in [0.2, 0.25) is 0 Å². The van der Waals surface area contributed by atoms with E-state index in [0.717, 1.165) is 12.8 Å². The number of alkyl halides is 1. The van der Waals surface area contributed by atoms with Crippen LogP contribution in [0, 0.1) is 23.4 Å². The van der Waals surface area contributed by atoms with Crippen molar-refractivity contribution >= 4 is 17.5 Å². The Morgan fingerprint density at radius 3 is 2.53 bits per heavy atom. The maximum atomic E-state index is 13.5. The molecule has 1 fully saturated rings. The molecule has 0 radical (unpaired) electrons. The van der Waals surface area contributed by atoms with E-state index >= 15 is 0 Å². The summed E-state index contributed by atoms with van der Waals surface area (Å²) in [5.41, 5.74) is -0.687. The average molecular weight is 292 g/mol. The summed E-state index contributed by atoms with van der Waals surface area (Å²) >= 11 is 5.63. The number of carbonyl (C=O) groups excluding carboxylic acids is 1. The Kier molecular flexibility index (Phi) is 4.34. The van der Waals surface area contributed by atoms with Crippen LogP contribution in [0.25, 0.3) is 0 Å². The van der Waals surface area contributed by atoms with Gasteiger partial charge in [0, 0.05) is 31.1 Å². The average Bonchev–Trinajstić information content (AvgIpc) is 2.76. The normalized spacial score (nSPS) is 18.9. The Bertz CT molecular complexity index is 472. The van der Waals surface area contributed by atoms with Gasteiger partial charge in [-0.1, -0.05) is 0 Å². The molecule has 0 N–H and O–H groups in total.